The number of hydrogen-bond donors (Lipinski definition) is 1. The van der Waals surface area contributed by atoms with Crippen LogP contribution in [0.2, 0.25) is 0 Å². The van der Waals surface area contributed by atoms with Crippen LogP contribution >= 0.6 is 0 Å². The van der Waals surface area contributed by atoms with Crippen LogP contribution in [0.15, 0.2) is 18.3 Å². The minimum Gasteiger partial charge on any atom is -0.489 e. The number of aromatic nitrogens is 1. The third kappa shape index (κ3) is 5.63. The molecule has 1 aliphatic carbocycles. The molecule has 0 amide bonds. The second kappa shape index (κ2) is 8.60. The molecule has 0 bridgehead atoms. The van der Waals surface area contributed by atoms with E-state index < -0.39 is 0 Å². The molecule has 0 aliphatic heterocycles. The molecular formula is C17H25NO2. The first-order chi connectivity index (χ1) is 9.63. The Morgan fingerprint density at radius 2 is 2.05 bits per heavy atom. The molecule has 1 saturated carbocycles. The van der Waals surface area contributed by atoms with Gasteiger partial charge in [-0.05, 0) is 24.0 Å². The molecule has 1 aromatic heterocycles. The lowest BCUT2D eigenvalue weighted by Gasteiger charge is -2.31. The van der Waals surface area contributed by atoms with Crippen LogP contribution in [0.4, 0.5) is 0 Å². The Kier molecular flexibility index (Phi) is 7.11. The van der Waals surface area contributed by atoms with Gasteiger partial charge in [0.2, 0.25) is 0 Å². The highest BCUT2D eigenvalue weighted by molar-refractivity contribution is 5.31. The fourth-order valence-electron chi connectivity index (χ4n) is 1.70. The first-order valence-electron chi connectivity index (χ1n) is 7.43. The molecule has 0 saturated heterocycles. The van der Waals surface area contributed by atoms with E-state index in [1.54, 1.807) is 6.20 Å². The van der Waals surface area contributed by atoms with Gasteiger partial charge in [0.05, 0.1) is 12.3 Å². The van der Waals surface area contributed by atoms with Crippen molar-refractivity contribution in [3.05, 3.63) is 24.0 Å². The maximum atomic E-state index is 9.17. The lowest BCUT2D eigenvalue weighted by molar-refractivity contribution is -0.0109. The first-order valence-corrected chi connectivity index (χ1v) is 7.43. The smallest absolute Gasteiger partial charge is 0.138 e. The van der Waals surface area contributed by atoms with E-state index in [0.29, 0.717) is 5.92 Å². The molecule has 1 aromatic rings. The Hall–Kier alpha value is -1.53. The second-order valence-electron chi connectivity index (χ2n) is 5.14. The number of rotatable bonds is 3. The van der Waals surface area contributed by atoms with Gasteiger partial charge in [-0.3, -0.25) is 0 Å². The molecule has 1 aliphatic rings. The van der Waals surface area contributed by atoms with Crippen LogP contribution in [-0.4, -0.2) is 22.3 Å². The maximum absolute atomic E-state index is 9.17. The average molecular weight is 275 g/mol. The summed E-state index contributed by atoms with van der Waals surface area (Å²) >= 11 is 0. The van der Waals surface area contributed by atoms with E-state index in [-0.39, 0.29) is 12.2 Å². The summed E-state index contributed by atoms with van der Waals surface area (Å²) in [6.07, 6.45) is 3.97. The molecular weight excluding hydrogens is 250 g/mol. The number of aliphatic hydroxyl groups excluding tert-OH is 1. The van der Waals surface area contributed by atoms with E-state index in [0.717, 1.165) is 30.7 Å². The zero-order chi connectivity index (χ0) is 15.0. The van der Waals surface area contributed by atoms with Crippen molar-refractivity contribution >= 4 is 0 Å². The summed E-state index contributed by atoms with van der Waals surface area (Å²) in [5.41, 5.74) is 0.775. The van der Waals surface area contributed by atoms with Gasteiger partial charge < -0.3 is 9.84 Å². The summed E-state index contributed by atoms with van der Waals surface area (Å²) in [4.78, 5) is 4.24. The Morgan fingerprint density at radius 3 is 2.55 bits per heavy atom. The van der Waals surface area contributed by atoms with Gasteiger partial charge in [0, 0.05) is 19.3 Å². The van der Waals surface area contributed by atoms with Crippen molar-refractivity contribution in [3.63, 3.8) is 0 Å². The van der Waals surface area contributed by atoms with Crippen LogP contribution in [0.25, 0.3) is 0 Å². The van der Waals surface area contributed by atoms with Crippen molar-refractivity contribution < 1.29 is 9.84 Å². The van der Waals surface area contributed by atoms with Crippen LogP contribution in [0.5, 0.6) is 5.75 Å². The summed E-state index contributed by atoms with van der Waals surface area (Å²) in [6.45, 7) is 8.29. The molecule has 1 N–H and O–H groups in total. The topological polar surface area (TPSA) is 42.4 Å². The zero-order valence-electron chi connectivity index (χ0n) is 12.9. The van der Waals surface area contributed by atoms with Crippen molar-refractivity contribution in [1.29, 1.82) is 0 Å². The minimum absolute atomic E-state index is 0.139. The van der Waals surface area contributed by atoms with E-state index >= 15 is 0 Å². The van der Waals surface area contributed by atoms with E-state index in [1.165, 1.54) is 0 Å². The average Bonchev–Trinajstić information content (AvgIpc) is 2.41. The Balaban J connectivity index is 0.000000956. The minimum atomic E-state index is -0.191. The van der Waals surface area contributed by atoms with Gasteiger partial charge in [-0.25, -0.2) is 4.98 Å². The molecule has 0 atom stereocenters. The Bertz CT molecular complexity index is 436. The molecule has 110 valence electrons. The highest BCUT2D eigenvalue weighted by Crippen LogP contribution is 2.25. The fraction of sp³-hybridized carbons (Fsp3) is 0.588. The standard InChI is InChI=1S/C15H19NO2.C2H6/c1-11(2)4-3-5-12-6-7-14(10-16-12)18-15-8-13(17)9-15;1-2/h6-7,10-11,13,15,17H,4,8-9H2,1-2H3;1-2H3. The van der Waals surface area contributed by atoms with Crippen LogP contribution in [0.1, 0.15) is 52.7 Å². The highest BCUT2D eigenvalue weighted by atomic mass is 16.5. The first kappa shape index (κ1) is 16.5. The van der Waals surface area contributed by atoms with Crippen molar-refractivity contribution in [1.82, 2.24) is 4.98 Å². The summed E-state index contributed by atoms with van der Waals surface area (Å²) in [5, 5.41) is 9.17. The van der Waals surface area contributed by atoms with Gasteiger partial charge >= 0.3 is 0 Å². The fourth-order valence-corrected chi connectivity index (χ4v) is 1.70. The van der Waals surface area contributed by atoms with Gasteiger partial charge in [-0.2, -0.15) is 0 Å². The number of pyridine rings is 1. The molecule has 0 unspecified atom stereocenters. The van der Waals surface area contributed by atoms with E-state index in [9.17, 15) is 0 Å². The van der Waals surface area contributed by atoms with Gasteiger partial charge in [0.25, 0.3) is 0 Å². The van der Waals surface area contributed by atoms with Gasteiger partial charge in [-0.15, -0.1) is 0 Å². The van der Waals surface area contributed by atoms with Crippen molar-refractivity contribution in [2.24, 2.45) is 5.92 Å². The van der Waals surface area contributed by atoms with Crippen molar-refractivity contribution in [2.45, 2.75) is 59.2 Å². The lowest BCUT2D eigenvalue weighted by atomic mass is 9.92. The Morgan fingerprint density at radius 1 is 1.35 bits per heavy atom. The monoisotopic (exact) mass is 275 g/mol. The van der Waals surface area contributed by atoms with Gasteiger partial charge in [-0.1, -0.05) is 33.6 Å². The van der Waals surface area contributed by atoms with Gasteiger partial charge in [0.15, 0.2) is 0 Å². The van der Waals surface area contributed by atoms with E-state index in [4.69, 9.17) is 9.84 Å². The predicted octanol–water partition coefficient (Wildman–Crippen LogP) is 3.41. The maximum Gasteiger partial charge on any atom is 0.138 e. The van der Waals surface area contributed by atoms with Crippen LogP contribution in [-0.2, 0) is 0 Å². The number of ether oxygens (including phenoxy) is 1. The second-order valence-corrected chi connectivity index (χ2v) is 5.14. The summed E-state index contributed by atoms with van der Waals surface area (Å²) in [6, 6.07) is 3.76. The molecule has 2 rings (SSSR count). The third-order valence-corrected chi connectivity index (χ3v) is 2.84. The third-order valence-electron chi connectivity index (χ3n) is 2.84. The highest BCUT2D eigenvalue weighted by Gasteiger charge is 2.28. The van der Waals surface area contributed by atoms with Crippen LogP contribution < -0.4 is 4.74 Å². The summed E-state index contributed by atoms with van der Waals surface area (Å²) < 4.78 is 5.65. The van der Waals surface area contributed by atoms with E-state index in [2.05, 4.69) is 30.7 Å². The SMILES string of the molecule is CC.CC(C)CC#Cc1ccc(OC2CC(O)C2)cn1. The summed E-state index contributed by atoms with van der Waals surface area (Å²) in [7, 11) is 0. The predicted molar refractivity (Wildman–Crippen MR) is 81.6 cm³/mol. The van der Waals surface area contributed by atoms with Crippen LogP contribution in [0, 0.1) is 17.8 Å². The molecule has 3 heteroatoms. The molecule has 0 radical (unpaired) electrons. The Labute approximate surface area is 122 Å². The van der Waals surface area contributed by atoms with Crippen molar-refractivity contribution in [2.75, 3.05) is 0 Å². The van der Waals surface area contributed by atoms with Crippen molar-refractivity contribution in [3.8, 4) is 17.6 Å². The number of hydrogen-bond acceptors (Lipinski definition) is 3. The van der Waals surface area contributed by atoms with Crippen LogP contribution in [0.3, 0.4) is 0 Å². The van der Waals surface area contributed by atoms with E-state index in [1.807, 2.05) is 26.0 Å². The molecule has 1 fully saturated rings. The molecule has 1 heterocycles. The van der Waals surface area contributed by atoms with Gasteiger partial charge in [0.1, 0.15) is 17.5 Å². The number of aliphatic hydroxyl groups is 1. The molecule has 0 spiro atoms. The normalized spacial score (nSPS) is 20.1. The zero-order valence-corrected chi connectivity index (χ0v) is 12.9. The number of nitrogens with zero attached hydrogens (tertiary/aromatic N) is 1. The molecule has 20 heavy (non-hydrogen) atoms. The molecule has 0 aromatic carbocycles. The quantitative estimate of drug-likeness (QED) is 0.860. The summed E-state index contributed by atoms with van der Waals surface area (Å²) in [5.74, 6) is 7.48. The largest absolute Gasteiger partial charge is 0.489 e. The molecule has 3 nitrogen and oxygen atoms in total. The lowest BCUT2D eigenvalue weighted by Crippen LogP contribution is -2.37.